The highest BCUT2D eigenvalue weighted by molar-refractivity contribution is 8.04. The standard InChI is InChI=1S/C29H28ClN3O3S/c30-24-5-3-4-22(18-24)20-33-25-6-1-2-7-26(25)37-27(29(33)35)19-21-8-10-23(11-9-21)28(34)31-12-13-32-14-16-36-17-15-32/h1-11,18-19H,12-17,20H2,(H,31,34)/p+1. The number of ether oxygens (including phenoxy) is 1. The number of thioether (sulfide) groups is 1. The van der Waals surface area contributed by atoms with Crippen LogP contribution in [0.25, 0.3) is 6.08 Å². The monoisotopic (exact) mass is 534 g/mol. The molecule has 190 valence electrons. The first-order valence-electron chi connectivity index (χ1n) is 12.4. The van der Waals surface area contributed by atoms with Crippen LogP contribution < -0.4 is 15.1 Å². The summed E-state index contributed by atoms with van der Waals surface area (Å²) in [6.07, 6.45) is 1.89. The van der Waals surface area contributed by atoms with Gasteiger partial charge in [0.15, 0.2) is 0 Å². The molecule has 6 nitrogen and oxygen atoms in total. The zero-order chi connectivity index (χ0) is 25.6. The summed E-state index contributed by atoms with van der Waals surface area (Å²) in [4.78, 5) is 31.0. The van der Waals surface area contributed by atoms with Crippen LogP contribution in [0.3, 0.4) is 0 Å². The van der Waals surface area contributed by atoms with Gasteiger partial charge < -0.3 is 19.9 Å². The number of anilines is 1. The van der Waals surface area contributed by atoms with Gasteiger partial charge in [0.25, 0.3) is 11.8 Å². The quantitative estimate of drug-likeness (QED) is 0.454. The minimum Gasteiger partial charge on any atom is -0.370 e. The van der Waals surface area contributed by atoms with Crippen LogP contribution in [0.5, 0.6) is 0 Å². The summed E-state index contributed by atoms with van der Waals surface area (Å²) >= 11 is 7.65. The van der Waals surface area contributed by atoms with Crippen molar-refractivity contribution in [3.63, 3.8) is 0 Å². The van der Waals surface area contributed by atoms with E-state index in [9.17, 15) is 9.59 Å². The third-order valence-corrected chi connectivity index (χ3v) is 7.81. The van der Waals surface area contributed by atoms with Crippen molar-refractivity contribution >= 4 is 46.9 Å². The van der Waals surface area contributed by atoms with Gasteiger partial charge in [0.1, 0.15) is 13.1 Å². The first-order chi connectivity index (χ1) is 18.1. The predicted molar refractivity (Wildman–Crippen MR) is 148 cm³/mol. The van der Waals surface area contributed by atoms with E-state index >= 15 is 0 Å². The number of hydrogen-bond acceptors (Lipinski definition) is 4. The van der Waals surface area contributed by atoms with Crippen molar-refractivity contribution in [2.45, 2.75) is 11.4 Å². The van der Waals surface area contributed by atoms with Crippen molar-refractivity contribution < 1.29 is 19.2 Å². The predicted octanol–water partition coefficient (Wildman–Crippen LogP) is 3.66. The van der Waals surface area contributed by atoms with Crippen molar-refractivity contribution in [2.75, 3.05) is 44.3 Å². The van der Waals surface area contributed by atoms with E-state index in [1.165, 1.54) is 16.7 Å². The van der Waals surface area contributed by atoms with Gasteiger partial charge >= 0.3 is 0 Å². The number of halogens is 1. The number of nitrogens with zero attached hydrogens (tertiary/aromatic N) is 1. The van der Waals surface area contributed by atoms with Gasteiger partial charge in [-0.2, -0.15) is 0 Å². The highest BCUT2D eigenvalue weighted by Gasteiger charge is 2.29. The molecular weight excluding hydrogens is 506 g/mol. The van der Waals surface area contributed by atoms with E-state index in [0.29, 0.717) is 28.6 Å². The van der Waals surface area contributed by atoms with E-state index < -0.39 is 0 Å². The summed E-state index contributed by atoms with van der Waals surface area (Å²) in [6, 6.07) is 22.9. The molecular formula is C29H29ClN3O3S+. The third kappa shape index (κ3) is 6.43. The second-order valence-electron chi connectivity index (χ2n) is 9.09. The number of carbonyl (C=O) groups excluding carboxylic acids is 2. The molecule has 0 saturated carbocycles. The molecule has 1 saturated heterocycles. The van der Waals surface area contributed by atoms with E-state index in [4.69, 9.17) is 16.3 Å². The Morgan fingerprint density at radius 3 is 2.62 bits per heavy atom. The number of rotatable bonds is 7. The molecule has 0 unspecified atom stereocenters. The lowest BCUT2D eigenvalue weighted by atomic mass is 10.1. The van der Waals surface area contributed by atoms with Gasteiger partial charge in [-0.15, -0.1) is 0 Å². The van der Waals surface area contributed by atoms with E-state index in [2.05, 4.69) is 5.32 Å². The van der Waals surface area contributed by atoms with Crippen molar-refractivity contribution in [1.82, 2.24) is 5.32 Å². The fourth-order valence-electron chi connectivity index (χ4n) is 4.48. The number of carbonyl (C=O) groups is 2. The van der Waals surface area contributed by atoms with E-state index in [1.54, 1.807) is 17.0 Å². The van der Waals surface area contributed by atoms with Gasteiger partial charge in [0.05, 0.1) is 43.4 Å². The van der Waals surface area contributed by atoms with Crippen molar-refractivity contribution in [3.8, 4) is 0 Å². The summed E-state index contributed by atoms with van der Waals surface area (Å²) in [5.74, 6) is -0.146. The molecule has 2 N–H and O–H groups in total. The molecule has 0 spiro atoms. The SMILES string of the molecule is O=C(NCC[NH+]1CCOCC1)c1ccc(C=C2Sc3ccccc3N(Cc3cccc(Cl)c3)C2=O)cc1. The molecule has 8 heteroatoms. The van der Waals surface area contributed by atoms with Gasteiger partial charge in [-0.1, -0.05) is 59.8 Å². The lowest BCUT2D eigenvalue weighted by molar-refractivity contribution is -0.906. The topological polar surface area (TPSA) is 63.1 Å². The van der Waals surface area contributed by atoms with Crippen LogP contribution in [0.4, 0.5) is 5.69 Å². The molecule has 3 aromatic carbocycles. The van der Waals surface area contributed by atoms with Crippen molar-refractivity contribution in [2.24, 2.45) is 0 Å². The molecule has 3 aromatic rings. The van der Waals surface area contributed by atoms with E-state index in [0.717, 1.165) is 54.6 Å². The maximum atomic E-state index is 13.5. The van der Waals surface area contributed by atoms with Crippen molar-refractivity contribution in [3.05, 3.63) is 99.4 Å². The molecule has 1 fully saturated rings. The zero-order valence-electron chi connectivity index (χ0n) is 20.4. The molecule has 0 bridgehead atoms. The fourth-order valence-corrected chi connectivity index (χ4v) is 5.76. The molecule has 0 radical (unpaired) electrons. The van der Waals surface area contributed by atoms with Gasteiger partial charge in [-0.05, 0) is 53.6 Å². The largest absolute Gasteiger partial charge is 0.370 e. The van der Waals surface area contributed by atoms with Crippen LogP contribution in [0, 0.1) is 0 Å². The Morgan fingerprint density at radius 2 is 1.84 bits per heavy atom. The molecule has 0 aromatic heterocycles. The average molecular weight is 535 g/mol. The molecule has 2 amide bonds. The number of fused-ring (bicyclic) bond motifs is 1. The van der Waals surface area contributed by atoms with Crippen LogP contribution >= 0.6 is 23.4 Å². The minimum atomic E-state index is -0.0865. The number of quaternary nitrogens is 1. The Morgan fingerprint density at radius 1 is 1.05 bits per heavy atom. The lowest BCUT2D eigenvalue weighted by Gasteiger charge is -2.30. The maximum Gasteiger partial charge on any atom is 0.265 e. The molecule has 0 atom stereocenters. The Labute approximate surface area is 226 Å². The molecule has 2 heterocycles. The number of amides is 2. The van der Waals surface area contributed by atoms with Crippen molar-refractivity contribution in [1.29, 1.82) is 0 Å². The van der Waals surface area contributed by atoms with Crippen LogP contribution in [-0.2, 0) is 16.1 Å². The third-order valence-electron chi connectivity index (χ3n) is 6.50. The number of para-hydroxylation sites is 1. The zero-order valence-corrected chi connectivity index (χ0v) is 22.0. The minimum absolute atomic E-state index is 0.0592. The molecule has 2 aliphatic rings. The van der Waals surface area contributed by atoms with E-state index in [-0.39, 0.29) is 11.8 Å². The van der Waals surface area contributed by atoms with Gasteiger partial charge in [0.2, 0.25) is 0 Å². The Hall–Kier alpha value is -3.10. The van der Waals surface area contributed by atoms with E-state index in [1.807, 2.05) is 66.7 Å². The average Bonchev–Trinajstić information content (AvgIpc) is 2.92. The second-order valence-corrected chi connectivity index (χ2v) is 10.6. The molecule has 5 rings (SSSR count). The van der Waals surface area contributed by atoms with Gasteiger partial charge in [-0.3, -0.25) is 9.59 Å². The second kappa shape index (κ2) is 12.0. The van der Waals surface area contributed by atoms with Crippen LogP contribution in [-0.4, -0.2) is 51.2 Å². The lowest BCUT2D eigenvalue weighted by Crippen LogP contribution is -3.14. The maximum absolute atomic E-state index is 13.5. The van der Waals surface area contributed by atoms with Gasteiger partial charge in [0, 0.05) is 15.5 Å². The Balaban J connectivity index is 1.28. The summed E-state index contributed by atoms with van der Waals surface area (Å²) in [7, 11) is 0. The molecule has 0 aliphatic carbocycles. The summed E-state index contributed by atoms with van der Waals surface area (Å²) in [5.41, 5.74) is 3.33. The number of benzene rings is 3. The van der Waals surface area contributed by atoms with Crippen LogP contribution in [0.15, 0.2) is 82.6 Å². The number of morpholine rings is 1. The summed E-state index contributed by atoms with van der Waals surface area (Å²) in [6.45, 7) is 5.49. The Kier molecular flexibility index (Phi) is 8.26. The number of nitrogens with one attached hydrogen (secondary N) is 2. The highest BCUT2D eigenvalue weighted by Crippen LogP contribution is 2.42. The van der Waals surface area contributed by atoms with Crippen LogP contribution in [0.1, 0.15) is 21.5 Å². The van der Waals surface area contributed by atoms with Gasteiger partial charge in [-0.25, -0.2) is 0 Å². The summed E-state index contributed by atoms with van der Waals surface area (Å²) in [5, 5.41) is 3.65. The number of hydrogen-bond donors (Lipinski definition) is 2. The summed E-state index contributed by atoms with van der Waals surface area (Å²) < 4.78 is 5.38. The smallest absolute Gasteiger partial charge is 0.265 e. The highest BCUT2D eigenvalue weighted by atomic mass is 35.5. The first-order valence-corrected chi connectivity index (χ1v) is 13.6. The molecule has 37 heavy (non-hydrogen) atoms. The first kappa shape index (κ1) is 25.5. The fraction of sp³-hybridized carbons (Fsp3) is 0.241. The van der Waals surface area contributed by atoms with Crippen LogP contribution in [0.2, 0.25) is 5.02 Å². The molecule has 2 aliphatic heterocycles. The normalized spacial score (nSPS) is 17.1. The Bertz CT molecular complexity index is 1310.